The number of hydrogen-bond acceptors (Lipinski definition) is 12. The monoisotopic (exact) mass is 812 g/mol. The first-order chi connectivity index (χ1) is 28.3. The zero-order valence-corrected chi connectivity index (χ0v) is 36.0. The van der Waals surface area contributed by atoms with Crippen LogP contribution in [0.5, 0.6) is 0 Å². The Kier molecular flexibility index (Phi) is 15.0. The van der Waals surface area contributed by atoms with Crippen molar-refractivity contribution in [2.75, 3.05) is 43.4 Å². The van der Waals surface area contributed by atoms with Gasteiger partial charge < -0.3 is 29.9 Å². The molecular formula is C44H65N11O4. The van der Waals surface area contributed by atoms with Crippen LogP contribution in [0.1, 0.15) is 111 Å². The average molecular weight is 812 g/mol. The number of para-hydroxylation sites is 1. The highest BCUT2D eigenvalue weighted by Crippen LogP contribution is 2.27. The Morgan fingerprint density at radius 1 is 0.814 bits per heavy atom. The van der Waals surface area contributed by atoms with Crippen molar-refractivity contribution in [2.45, 2.75) is 142 Å². The number of rotatable bonds is 16. The van der Waals surface area contributed by atoms with Crippen LogP contribution in [0.25, 0.3) is 10.9 Å². The second-order valence-electron chi connectivity index (χ2n) is 17.9. The van der Waals surface area contributed by atoms with Crippen LogP contribution in [-0.2, 0) is 29.1 Å². The summed E-state index contributed by atoms with van der Waals surface area (Å²) in [5, 5.41) is 16.8. The molecule has 0 atom stereocenters. The van der Waals surface area contributed by atoms with Crippen molar-refractivity contribution in [1.82, 2.24) is 44.6 Å². The molecule has 2 aliphatic rings. The van der Waals surface area contributed by atoms with Gasteiger partial charge in [-0.2, -0.15) is 4.98 Å². The van der Waals surface area contributed by atoms with Gasteiger partial charge in [-0.25, -0.2) is 14.6 Å². The Morgan fingerprint density at radius 3 is 2.25 bits per heavy atom. The molecule has 2 amide bonds. The molecule has 320 valence electrons. The van der Waals surface area contributed by atoms with E-state index >= 15 is 0 Å². The summed E-state index contributed by atoms with van der Waals surface area (Å²) in [7, 11) is 0. The molecule has 4 heterocycles. The average Bonchev–Trinajstić information content (AvgIpc) is 3.65. The predicted octanol–water partition coefficient (Wildman–Crippen LogP) is 7.89. The normalized spacial score (nSPS) is 15.8. The van der Waals surface area contributed by atoms with Crippen LogP contribution in [0, 0.1) is 0 Å². The lowest BCUT2D eigenvalue weighted by Crippen LogP contribution is -2.46. The first kappa shape index (κ1) is 43.5. The van der Waals surface area contributed by atoms with E-state index in [1.54, 1.807) is 9.58 Å². The summed E-state index contributed by atoms with van der Waals surface area (Å²) >= 11 is 0. The van der Waals surface area contributed by atoms with Crippen LogP contribution in [0.3, 0.4) is 0 Å². The number of ether oxygens (including phenoxy) is 2. The highest BCUT2D eigenvalue weighted by molar-refractivity contribution is 5.90. The number of nitrogens with one attached hydrogen (secondary N) is 2. The van der Waals surface area contributed by atoms with Gasteiger partial charge in [-0.1, -0.05) is 42.7 Å². The summed E-state index contributed by atoms with van der Waals surface area (Å²) in [6.45, 7) is 16.6. The lowest BCUT2D eigenvalue weighted by Gasteiger charge is -2.36. The molecule has 3 aromatic heterocycles. The Labute approximate surface area is 349 Å². The van der Waals surface area contributed by atoms with E-state index in [1.165, 1.54) is 6.42 Å². The van der Waals surface area contributed by atoms with E-state index in [9.17, 15) is 9.59 Å². The number of carbonyl (C=O) groups excluding carboxylic acids is 2. The first-order valence-electron chi connectivity index (χ1n) is 21.5. The fourth-order valence-electron chi connectivity index (χ4n) is 7.73. The standard InChI is InChI=1S/C44H65N11O4/c1-43(2,3)58-41(56)53(25-15-27-55(36-17-8-7-9-18-36)42(57)59-44(4,5)6)24-14-26-54-32-35(50-51-54)30-46-40-48-38-20-11-10-19-37(38)39(49-40)47-33-21-28-52(29-22-33)31-34-16-12-13-23-45-34/h10-13,16,19-20,23,32-33,36H,7-9,14-15,17-18,21-22,24-31H2,1-6H3,(H2,46,47,48,49). The smallest absolute Gasteiger partial charge is 0.410 e. The van der Waals surface area contributed by atoms with Gasteiger partial charge in [0, 0.05) is 69.5 Å². The Morgan fingerprint density at radius 2 is 1.53 bits per heavy atom. The maximum Gasteiger partial charge on any atom is 0.410 e. The van der Waals surface area contributed by atoms with Crippen LogP contribution < -0.4 is 10.6 Å². The highest BCUT2D eigenvalue weighted by atomic mass is 16.6. The molecule has 1 saturated heterocycles. The van der Waals surface area contributed by atoms with Crippen molar-refractivity contribution in [3.05, 3.63) is 66.2 Å². The summed E-state index contributed by atoms with van der Waals surface area (Å²) in [5.41, 5.74) is 1.52. The predicted molar refractivity (Wildman–Crippen MR) is 230 cm³/mol. The van der Waals surface area contributed by atoms with Crippen molar-refractivity contribution < 1.29 is 19.1 Å². The maximum atomic E-state index is 13.4. The lowest BCUT2D eigenvalue weighted by atomic mass is 9.94. The van der Waals surface area contributed by atoms with E-state index < -0.39 is 11.2 Å². The number of aryl methyl sites for hydroxylation is 1. The minimum atomic E-state index is -0.627. The molecule has 15 nitrogen and oxygen atoms in total. The fraction of sp³-hybridized carbons (Fsp3) is 0.614. The molecule has 1 aliphatic heterocycles. The van der Waals surface area contributed by atoms with Gasteiger partial charge in [-0.3, -0.25) is 14.6 Å². The van der Waals surface area contributed by atoms with Crippen molar-refractivity contribution in [2.24, 2.45) is 0 Å². The number of likely N-dealkylation sites (tertiary alicyclic amines) is 1. The molecule has 1 aromatic carbocycles. The zero-order valence-electron chi connectivity index (χ0n) is 36.0. The molecule has 0 unspecified atom stereocenters. The van der Waals surface area contributed by atoms with Crippen LogP contribution >= 0.6 is 0 Å². The fourth-order valence-corrected chi connectivity index (χ4v) is 7.73. The number of benzene rings is 1. The van der Waals surface area contributed by atoms with Crippen molar-refractivity contribution in [1.29, 1.82) is 0 Å². The SMILES string of the molecule is CC(C)(C)OC(=O)N(CCCN(C(=O)OC(C)(C)C)C1CCCCC1)CCCn1cc(CNc2nc(NC3CCN(Cc4ccccn4)CC3)c3ccccc3n2)nn1. The van der Waals surface area contributed by atoms with E-state index in [1.807, 2.05) is 89.2 Å². The quantitative estimate of drug-likeness (QED) is 0.113. The van der Waals surface area contributed by atoms with E-state index in [-0.39, 0.29) is 18.2 Å². The van der Waals surface area contributed by atoms with E-state index in [2.05, 4.69) is 43.0 Å². The summed E-state index contributed by atoms with van der Waals surface area (Å²) in [6, 6.07) is 14.6. The van der Waals surface area contributed by atoms with Crippen molar-refractivity contribution in [3.63, 3.8) is 0 Å². The van der Waals surface area contributed by atoms with Gasteiger partial charge in [-0.15, -0.1) is 5.10 Å². The molecule has 59 heavy (non-hydrogen) atoms. The van der Waals surface area contributed by atoms with Gasteiger partial charge in [-0.05, 0) is 104 Å². The van der Waals surface area contributed by atoms with Gasteiger partial charge in [0.05, 0.1) is 24.0 Å². The highest BCUT2D eigenvalue weighted by Gasteiger charge is 2.30. The zero-order chi connectivity index (χ0) is 41.8. The molecule has 6 rings (SSSR count). The first-order valence-corrected chi connectivity index (χ1v) is 21.5. The largest absolute Gasteiger partial charge is 0.444 e. The molecule has 2 fully saturated rings. The number of anilines is 2. The molecule has 0 bridgehead atoms. The van der Waals surface area contributed by atoms with Crippen LogP contribution in [0.4, 0.5) is 21.4 Å². The second-order valence-corrected chi connectivity index (χ2v) is 17.9. The van der Waals surface area contributed by atoms with E-state index in [0.29, 0.717) is 57.6 Å². The number of hydrogen-bond donors (Lipinski definition) is 2. The number of fused-ring (bicyclic) bond motifs is 1. The maximum absolute atomic E-state index is 13.4. The third-order valence-corrected chi connectivity index (χ3v) is 10.6. The topological polar surface area (TPSA) is 156 Å². The molecule has 2 N–H and O–H groups in total. The molecule has 4 aromatic rings. The van der Waals surface area contributed by atoms with Gasteiger partial charge in [0.25, 0.3) is 0 Å². The van der Waals surface area contributed by atoms with Crippen LogP contribution in [0.15, 0.2) is 54.9 Å². The summed E-state index contributed by atoms with van der Waals surface area (Å²) in [5.74, 6) is 1.35. The molecule has 15 heteroatoms. The van der Waals surface area contributed by atoms with E-state index in [4.69, 9.17) is 19.4 Å². The Balaban J connectivity index is 1.01. The molecule has 1 saturated carbocycles. The van der Waals surface area contributed by atoms with Crippen molar-refractivity contribution >= 4 is 34.9 Å². The number of amides is 2. The molecular weight excluding hydrogens is 747 g/mol. The summed E-state index contributed by atoms with van der Waals surface area (Å²) < 4.78 is 13.4. The van der Waals surface area contributed by atoms with Gasteiger partial charge in [0.1, 0.15) is 22.7 Å². The van der Waals surface area contributed by atoms with Crippen molar-refractivity contribution in [3.8, 4) is 0 Å². The summed E-state index contributed by atoms with van der Waals surface area (Å²) in [6.07, 6.45) is 11.8. The number of carbonyl (C=O) groups is 2. The Hall–Kier alpha value is -5.05. The number of pyridine rings is 1. The Bertz CT molecular complexity index is 1930. The van der Waals surface area contributed by atoms with Gasteiger partial charge >= 0.3 is 12.2 Å². The molecule has 1 aliphatic carbocycles. The second kappa shape index (κ2) is 20.3. The summed E-state index contributed by atoms with van der Waals surface area (Å²) in [4.78, 5) is 46.9. The number of piperidine rings is 1. The molecule has 0 radical (unpaired) electrons. The third-order valence-electron chi connectivity index (χ3n) is 10.6. The van der Waals surface area contributed by atoms with Crippen LogP contribution in [0.2, 0.25) is 0 Å². The minimum absolute atomic E-state index is 0.161. The van der Waals surface area contributed by atoms with Gasteiger partial charge in [0.15, 0.2) is 0 Å². The molecule has 0 spiro atoms. The van der Waals surface area contributed by atoms with Crippen LogP contribution in [-0.4, -0.2) is 113 Å². The van der Waals surface area contributed by atoms with E-state index in [0.717, 1.165) is 86.3 Å². The lowest BCUT2D eigenvalue weighted by molar-refractivity contribution is 0.00994. The third kappa shape index (κ3) is 13.8. The van der Waals surface area contributed by atoms with Gasteiger partial charge in [0.2, 0.25) is 5.95 Å². The number of aromatic nitrogens is 6. The minimum Gasteiger partial charge on any atom is -0.444 e. The number of nitrogens with zero attached hydrogens (tertiary/aromatic N) is 9.